The number of hydrogen-bond acceptors (Lipinski definition) is 27. The number of carbonyl (C=O) groups is 8. The predicted molar refractivity (Wildman–Crippen MR) is 475 cm³/mol. The summed E-state index contributed by atoms with van der Waals surface area (Å²) in [6.45, 7) is 6.53. The summed E-state index contributed by atoms with van der Waals surface area (Å²) in [6, 6.07) is 48.6. The molecule has 0 radical (unpaired) electrons. The van der Waals surface area contributed by atoms with Crippen molar-refractivity contribution in [3.63, 3.8) is 0 Å². The number of amides is 8. The number of carbonyl (C=O) groups excluding carboxylic acids is 8. The van der Waals surface area contributed by atoms with Crippen LogP contribution in [0.3, 0.4) is 0 Å². The summed E-state index contributed by atoms with van der Waals surface area (Å²) in [7, 11) is -3.38. The Hall–Kier alpha value is -13.1. The number of hydrogen-bond donors (Lipinski definition) is 5. The van der Waals surface area contributed by atoms with Crippen LogP contribution in [0.2, 0.25) is 20.1 Å². The van der Waals surface area contributed by atoms with E-state index in [1.54, 1.807) is 84.3 Å². The number of fused-ring (bicyclic) bond motifs is 4. The number of aliphatic hydroxyl groups excluding tert-OH is 3. The molecule has 5 aliphatic rings. The maximum absolute atomic E-state index is 13.6. The second kappa shape index (κ2) is 43.1. The number of ether oxygens (including phenoxy) is 3. The minimum atomic E-state index is -3.38. The Kier molecular flexibility index (Phi) is 31.3. The molecule has 0 bridgehead atoms. The Morgan fingerprint density at radius 2 is 0.806 bits per heavy atom. The van der Waals surface area contributed by atoms with E-state index in [2.05, 4.69) is 40.3 Å². The van der Waals surface area contributed by atoms with Crippen LogP contribution in [0.4, 0.5) is 34.5 Å². The molecule has 129 heavy (non-hydrogen) atoms. The second-order valence-corrected chi connectivity index (χ2v) is 33.3. The number of aromatic nitrogens is 6. The highest BCUT2D eigenvalue weighted by molar-refractivity contribution is 7.88. The number of nitrogens with two attached hydrogens (primary N) is 1. The van der Waals surface area contributed by atoms with Crippen LogP contribution in [0.1, 0.15) is 106 Å². The average molecular weight is 1860 g/mol. The van der Waals surface area contributed by atoms with Crippen LogP contribution in [0.25, 0.3) is 0 Å². The SMILES string of the molecule is CS(=O)(=O)NCCN1Cc2ccccc2N(C(=O)c2ccc(OCCO)cc2Cl)CC1=O.Cc1nnc(CN2Cc3ccccc3N(C(=O)c3ccc(N4CCCC4)cc3Cl)CC2=O)o1.Cc1nonc1CN1Cc2ccccc2N(C(=O)c2ccc(OCCO)cc2Cl)CC1=O.Nc1nnc(CN2Cc3ccccc3N(C(=O)c3ccc(OCCO)cc3Cl)CC2=O)o1. The number of benzene rings is 8. The van der Waals surface area contributed by atoms with Crippen LogP contribution >= 0.6 is 46.4 Å². The molecule has 11 aromatic rings. The Labute approximate surface area is 760 Å². The summed E-state index contributed by atoms with van der Waals surface area (Å²) in [5.41, 5.74) is 14.5. The Morgan fingerprint density at radius 3 is 1.15 bits per heavy atom. The summed E-state index contributed by atoms with van der Waals surface area (Å²) >= 11 is 25.6. The van der Waals surface area contributed by atoms with Crippen LogP contribution in [0.5, 0.6) is 17.2 Å². The van der Waals surface area contributed by atoms with E-state index in [4.69, 9.17) is 95.1 Å². The molecule has 0 aliphatic carbocycles. The molecule has 8 aromatic carbocycles. The van der Waals surface area contributed by atoms with Crippen LogP contribution in [0, 0.1) is 13.8 Å². The van der Waals surface area contributed by atoms with Crippen molar-refractivity contribution in [2.24, 2.45) is 0 Å². The molecular formula is C88H89Cl4N17O19S. The number of halogens is 4. The average Bonchev–Trinajstić information content (AvgIpc) is 1.77. The third kappa shape index (κ3) is 23.6. The summed E-state index contributed by atoms with van der Waals surface area (Å²) in [5.74, 6) is -0.342. The number of anilines is 6. The van der Waals surface area contributed by atoms with Gasteiger partial charge in [-0.25, -0.2) is 17.8 Å². The van der Waals surface area contributed by atoms with Crippen LogP contribution in [-0.4, -0.2) is 220 Å². The molecule has 16 rings (SSSR count). The molecule has 0 spiro atoms. The van der Waals surface area contributed by atoms with E-state index in [0.717, 1.165) is 60.1 Å². The molecule has 8 heterocycles. The molecule has 1 fully saturated rings. The maximum Gasteiger partial charge on any atom is 0.312 e. The number of para-hydroxylation sites is 4. The van der Waals surface area contributed by atoms with Gasteiger partial charge in [0, 0.05) is 87.7 Å². The van der Waals surface area contributed by atoms with Crippen molar-refractivity contribution in [2.45, 2.75) is 72.5 Å². The quantitative estimate of drug-likeness (QED) is 0.0375. The van der Waals surface area contributed by atoms with Gasteiger partial charge in [0.05, 0.1) is 88.1 Å². The molecule has 674 valence electrons. The van der Waals surface area contributed by atoms with Crippen molar-refractivity contribution >= 4 is 138 Å². The third-order valence-electron chi connectivity index (χ3n) is 20.9. The summed E-state index contributed by atoms with van der Waals surface area (Å²) in [6.07, 6.45) is 3.37. The van der Waals surface area contributed by atoms with Crippen molar-refractivity contribution in [1.29, 1.82) is 0 Å². The fourth-order valence-corrected chi connectivity index (χ4v) is 16.1. The van der Waals surface area contributed by atoms with Gasteiger partial charge in [0.1, 0.15) is 74.6 Å². The van der Waals surface area contributed by atoms with E-state index in [9.17, 15) is 46.8 Å². The normalized spacial score (nSPS) is 14.4. The van der Waals surface area contributed by atoms with Gasteiger partial charge < -0.3 is 68.6 Å². The highest BCUT2D eigenvalue weighted by Gasteiger charge is 2.37. The van der Waals surface area contributed by atoms with Crippen LogP contribution in [-0.2, 0) is 75.0 Å². The molecule has 36 nitrogen and oxygen atoms in total. The number of aliphatic hydroxyl groups is 3. The van der Waals surface area contributed by atoms with E-state index in [-0.39, 0.29) is 185 Å². The van der Waals surface area contributed by atoms with E-state index in [0.29, 0.717) is 86.8 Å². The van der Waals surface area contributed by atoms with Gasteiger partial charge in [0.2, 0.25) is 51.3 Å². The maximum atomic E-state index is 13.6. The minimum Gasteiger partial charge on any atom is -0.491 e. The van der Waals surface area contributed by atoms with Crippen LogP contribution in [0.15, 0.2) is 183 Å². The minimum absolute atomic E-state index is 0.0665. The van der Waals surface area contributed by atoms with Gasteiger partial charge in [-0.15, -0.1) is 15.3 Å². The molecular weight excluding hydrogens is 1770 g/mol. The molecule has 0 unspecified atom stereocenters. The molecule has 8 amide bonds. The number of aryl methyl sites for hydroxylation is 2. The predicted octanol–water partition coefficient (Wildman–Crippen LogP) is 9.53. The first-order chi connectivity index (χ1) is 62.1. The van der Waals surface area contributed by atoms with Crippen molar-refractivity contribution in [3.8, 4) is 17.2 Å². The molecule has 0 atom stereocenters. The molecule has 6 N–H and O–H groups in total. The van der Waals surface area contributed by atoms with Crippen molar-refractivity contribution in [2.75, 3.05) is 128 Å². The zero-order valence-corrected chi connectivity index (χ0v) is 73.8. The van der Waals surface area contributed by atoms with E-state index in [1.807, 2.05) is 78.9 Å². The zero-order chi connectivity index (χ0) is 91.6. The zero-order valence-electron chi connectivity index (χ0n) is 70.0. The lowest BCUT2D eigenvalue weighted by atomic mass is 10.1. The van der Waals surface area contributed by atoms with E-state index >= 15 is 0 Å². The Bertz CT molecular complexity index is 6060. The summed E-state index contributed by atoms with van der Waals surface area (Å²) < 4.78 is 56.4. The number of rotatable bonds is 24. The fraction of sp³-hybridized carbons (Fsp3) is 0.295. The molecule has 5 aliphatic heterocycles. The highest BCUT2D eigenvalue weighted by Crippen LogP contribution is 2.38. The smallest absolute Gasteiger partial charge is 0.312 e. The Balaban J connectivity index is 0.000000147. The topological polar surface area (TPSA) is 443 Å². The van der Waals surface area contributed by atoms with Gasteiger partial charge in [-0.2, -0.15) is 0 Å². The third-order valence-corrected chi connectivity index (χ3v) is 22.9. The largest absolute Gasteiger partial charge is 0.491 e. The number of nitrogen functional groups attached to an aromatic ring is 1. The van der Waals surface area contributed by atoms with E-state index < -0.39 is 27.7 Å². The van der Waals surface area contributed by atoms with Crippen molar-refractivity contribution < 1.29 is 89.8 Å². The summed E-state index contributed by atoms with van der Waals surface area (Å²) in [4.78, 5) is 120. The lowest BCUT2D eigenvalue weighted by Gasteiger charge is -2.23. The molecule has 0 saturated carbocycles. The van der Waals surface area contributed by atoms with Crippen LogP contribution < -0.4 is 49.2 Å². The summed E-state index contributed by atoms with van der Waals surface area (Å²) in [5, 5.41) is 50.5. The molecule has 3 aromatic heterocycles. The van der Waals surface area contributed by atoms with E-state index in [1.165, 1.54) is 59.7 Å². The number of nitrogens with one attached hydrogen (secondary N) is 1. The van der Waals surface area contributed by atoms with Gasteiger partial charge >= 0.3 is 6.01 Å². The standard InChI is InChI=1S/C24H24ClN5O3.C22H21ClN4O5.C21H20ClN5O5.C21H24ClN3O6S/c1-16-26-27-22(33-16)14-29-13-17-6-2-3-7-21(17)30(15-23(29)31)24(32)19-9-8-18(12-20(19)25)28-10-4-5-11-28;1-14-19(25-32-24-14)12-26-11-15-4-2-3-5-20(15)27(13-21(26)29)22(30)17-7-6-16(10-18(17)23)31-9-8-28;22-16-9-14(31-8-7-28)5-6-15(16)20(30)27-12-19(29)26(11-18-24-25-21(23)32-18)10-13-3-1-2-4-17(13)27;1-32(29,30)23-8-9-24-13-15-4-2-3-5-19(15)25(14-20(24)27)21(28)17-7-6-16(12-18(17)22)31-11-10-26/h2-3,6-9,12H,4-5,10-11,13-15H2,1H3;2-7,10,28H,8-9,11-13H2,1H3;1-6,9,28H,7-8,10-12H2,(H2,23,25);2-7,12,23,26H,8-11,13-14H2,1H3. The lowest BCUT2D eigenvalue weighted by Crippen LogP contribution is -2.42. The first kappa shape index (κ1) is 93.5. The van der Waals surface area contributed by atoms with Crippen molar-refractivity contribution in [3.05, 3.63) is 264 Å². The van der Waals surface area contributed by atoms with Gasteiger partial charge in [-0.3, -0.25) is 58.0 Å². The first-order valence-corrected chi connectivity index (χ1v) is 44.0. The second-order valence-electron chi connectivity index (χ2n) is 29.9. The number of sulfonamides is 1. The molecule has 1 saturated heterocycles. The lowest BCUT2D eigenvalue weighted by molar-refractivity contribution is -0.131. The van der Waals surface area contributed by atoms with Crippen molar-refractivity contribution in [1.82, 2.24) is 55.0 Å². The van der Waals surface area contributed by atoms with Gasteiger partial charge in [0.15, 0.2) is 0 Å². The fourth-order valence-electron chi connectivity index (χ4n) is 14.6. The number of nitrogens with zero attached hydrogens (tertiary/aromatic N) is 15. The Morgan fingerprint density at radius 1 is 0.450 bits per heavy atom. The van der Waals surface area contributed by atoms with Gasteiger partial charge in [-0.1, -0.05) is 135 Å². The monoisotopic (exact) mass is 1860 g/mol. The van der Waals surface area contributed by atoms with Gasteiger partial charge in [-0.05, 0) is 139 Å². The first-order valence-electron chi connectivity index (χ1n) is 40.6. The highest BCUT2D eigenvalue weighted by atomic mass is 35.5. The molecule has 41 heteroatoms. The van der Waals surface area contributed by atoms with Gasteiger partial charge in [0.25, 0.3) is 23.6 Å².